The smallest absolute Gasteiger partial charge is 0.226 e. The minimum absolute atomic E-state index is 0.303. The molecule has 0 bridgehead atoms. The first kappa shape index (κ1) is 16.6. The van der Waals surface area contributed by atoms with Crippen LogP contribution < -0.4 is 5.32 Å². The molecule has 1 amide bonds. The topological polar surface area (TPSA) is 35.6 Å². The maximum Gasteiger partial charge on any atom is 0.226 e. The fraction of sp³-hybridized carbons (Fsp3) is 0.941. The molecule has 22 heavy (non-hydrogen) atoms. The standard InChI is InChI=1S/C17H31N3OS/c1-18-14-17(6-3-2-4-7-17)20-10-8-19(9-11-20)16(21)15-5-12-22-13-15/h15,18H,2-14H2,1H3. The van der Waals surface area contributed by atoms with E-state index >= 15 is 0 Å². The number of hydrogen-bond donors (Lipinski definition) is 1. The molecule has 3 fully saturated rings. The molecule has 1 atom stereocenters. The van der Waals surface area contributed by atoms with Crippen molar-refractivity contribution >= 4 is 17.7 Å². The van der Waals surface area contributed by atoms with Gasteiger partial charge in [0.05, 0.1) is 0 Å². The quantitative estimate of drug-likeness (QED) is 0.855. The van der Waals surface area contributed by atoms with Gasteiger partial charge in [-0.2, -0.15) is 11.8 Å². The van der Waals surface area contributed by atoms with Crippen molar-refractivity contribution in [3.05, 3.63) is 0 Å². The Morgan fingerprint density at radius 3 is 2.50 bits per heavy atom. The molecular weight excluding hydrogens is 294 g/mol. The van der Waals surface area contributed by atoms with Gasteiger partial charge in [-0.3, -0.25) is 9.69 Å². The average molecular weight is 326 g/mol. The summed E-state index contributed by atoms with van der Waals surface area (Å²) in [6, 6.07) is 0. The average Bonchev–Trinajstić information content (AvgIpc) is 3.10. The molecule has 2 saturated heterocycles. The number of nitrogens with one attached hydrogen (secondary N) is 1. The number of rotatable bonds is 4. The van der Waals surface area contributed by atoms with Gasteiger partial charge in [0.2, 0.25) is 5.91 Å². The fourth-order valence-corrected chi connectivity index (χ4v) is 5.74. The van der Waals surface area contributed by atoms with E-state index in [2.05, 4.69) is 22.2 Å². The number of nitrogens with zero attached hydrogens (tertiary/aromatic N) is 2. The van der Waals surface area contributed by atoms with E-state index < -0.39 is 0 Å². The molecule has 1 unspecified atom stereocenters. The molecule has 1 N–H and O–H groups in total. The van der Waals surface area contributed by atoms with Crippen molar-refractivity contribution in [2.45, 2.75) is 44.1 Å². The Labute approximate surface area is 139 Å². The summed E-state index contributed by atoms with van der Waals surface area (Å²) in [4.78, 5) is 17.4. The lowest BCUT2D eigenvalue weighted by Crippen LogP contribution is -2.62. The van der Waals surface area contributed by atoms with Crippen LogP contribution in [0.15, 0.2) is 0 Å². The summed E-state index contributed by atoms with van der Waals surface area (Å²) < 4.78 is 0. The Morgan fingerprint density at radius 1 is 1.18 bits per heavy atom. The maximum absolute atomic E-state index is 12.6. The van der Waals surface area contributed by atoms with Crippen LogP contribution >= 0.6 is 11.8 Å². The first-order valence-electron chi connectivity index (χ1n) is 9.01. The van der Waals surface area contributed by atoms with E-state index in [-0.39, 0.29) is 0 Å². The normalized spacial score (nSPS) is 29.7. The zero-order valence-electron chi connectivity index (χ0n) is 14.0. The molecule has 2 heterocycles. The number of thioether (sulfide) groups is 1. The number of carbonyl (C=O) groups is 1. The van der Waals surface area contributed by atoms with Crippen molar-refractivity contribution in [2.24, 2.45) is 5.92 Å². The van der Waals surface area contributed by atoms with Crippen LogP contribution in [0.2, 0.25) is 0 Å². The molecular formula is C17H31N3OS. The van der Waals surface area contributed by atoms with E-state index in [4.69, 9.17) is 0 Å². The van der Waals surface area contributed by atoms with Gasteiger partial charge >= 0.3 is 0 Å². The molecule has 4 nitrogen and oxygen atoms in total. The van der Waals surface area contributed by atoms with Crippen molar-refractivity contribution in [1.29, 1.82) is 0 Å². The van der Waals surface area contributed by atoms with Gasteiger partial charge in [0.25, 0.3) is 0 Å². The highest BCUT2D eigenvalue weighted by molar-refractivity contribution is 7.99. The van der Waals surface area contributed by atoms with Gasteiger partial charge in [0.15, 0.2) is 0 Å². The molecule has 0 aromatic rings. The lowest BCUT2D eigenvalue weighted by molar-refractivity contribution is -0.137. The predicted molar refractivity (Wildman–Crippen MR) is 93.3 cm³/mol. The molecule has 0 aromatic heterocycles. The molecule has 3 rings (SSSR count). The highest BCUT2D eigenvalue weighted by atomic mass is 32.2. The van der Waals surface area contributed by atoms with Crippen molar-refractivity contribution < 1.29 is 4.79 Å². The summed E-state index contributed by atoms with van der Waals surface area (Å²) in [5, 5.41) is 3.43. The SMILES string of the molecule is CNCC1(N2CCN(C(=O)C3CCSC3)CC2)CCCCC1. The summed E-state index contributed by atoms with van der Waals surface area (Å²) in [6.07, 6.45) is 7.85. The zero-order chi connectivity index (χ0) is 15.4. The summed E-state index contributed by atoms with van der Waals surface area (Å²) in [7, 11) is 2.08. The third-order valence-electron chi connectivity index (χ3n) is 5.83. The largest absolute Gasteiger partial charge is 0.340 e. The summed E-state index contributed by atoms with van der Waals surface area (Å²) in [5.74, 6) is 2.94. The third-order valence-corrected chi connectivity index (χ3v) is 6.99. The number of carbonyl (C=O) groups excluding carboxylic acids is 1. The van der Waals surface area contributed by atoms with Crippen molar-refractivity contribution in [2.75, 3.05) is 51.3 Å². The number of amides is 1. The number of hydrogen-bond acceptors (Lipinski definition) is 4. The lowest BCUT2D eigenvalue weighted by atomic mass is 9.79. The Bertz CT molecular complexity index is 365. The monoisotopic (exact) mass is 325 g/mol. The Kier molecular flexibility index (Phi) is 5.69. The van der Waals surface area contributed by atoms with E-state index in [9.17, 15) is 4.79 Å². The van der Waals surface area contributed by atoms with E-state index in [0.29, 0.717) is 17.4 Å². The van der Waals surface area contributed by atoms with Crippen LogP contribution in [0, 0.1) is 5.92 Å². The highest BCUT2D eigenvalue weighted by Crippen LogP contribution is 2.34. The van der Waals surface area contributed by atoms with Crippen molar-refractivity contribution in [3.8, 4) is 0 Å². The molecule has 2 aliphatic heterocycles. The van der Waals surface area contributed by atoms with E-state index in [1.54, 1.807) is 0 Å². The molecule has 0 radical (unpaired) electrons. The van der Waals surface area contributed by atoms with Crippen molar-refractivity contribution in [3.63, 3.8) is 0 Å². The molecule has 1 saturated carbocycles. The molecule has 5 heteroatoms. The Hall–Kier alpha value is -0.260. The maximum atomic E-state index is 12.6. The second-order valence-electron chi connectivity index (χ2n) is 7.19. The molecule has 3 aliphatic rings. The fourth-order valence-electron chi connectivity index (χ4n) is 4.53. The van der Waals surface area contributed by atoms with Gasteiger partial charge in [-0.05, 0) is 32.1 Å². The van der Waals surface area contributed by atoms with Crippen LogP contribution in [-0.2, 0) is 4.79 Å². The van der Waals surface area contributed by atoms with Gasteiger partial charge in [-0.1, -0.05) is 19.3 Å². The van der Waals surface area contributed by atoms with Crippen LogP contribution in [0.25, 0.3) is 0 Å². The van der Waals surface area contributed by atoms with Crippen LogP contribution in [0.3, 0.4) is 0 Å². The van der Waals surface area contributed by atoms with Gasteiger partial charge < -0.3 is 10.2 Å². The highest BCUT2D eigenvalue weighted by Gasteiger charge is 2.40. The summed E-state index contributed by atoms with van der Waals surface area (Å²) in [5.41, 5.74) is 0.353. The predicted octanol–water partition coefficient (Wildman–Crippen LogP) is 1.81. The summed E-state index contributed by atoms with van der Waals surface area (Å²) >= 11 is 1.94. The van der Waals surface area contributed by atoms with E-state index in [0.717, 1.165) is 44.9 Å². The summed E-state index contributed by atoms with van der Waals surface area (Å²) in [6.45, 7) is 5.09. The van der Waals surface area contributed by atoms with Crippen LogP contribution in [0.1, 0.15) is 38.5 Å². The second-order valence-corrected chi connectivity index (χ2v) is 8.34. The third kappa shape index (κ3) is 3.46. The number of likely N-dealkylation sites (N-methyl/N-ethyl adjacent to an activating group) is 1. The minimum Gasteiger partial charge on any atom is -0.340 e. The first-order valence-corrected chi connectivity index (χ1v) is 10.2. The molecule has 0 aromatic carbocycles. The van der Waals surface area contributed by atoms with Gasteiger partial charge in [0.1, 0.15) is 0 Å². The first-order chi connectivity index (χ1) is 10.7. The molecule has 0 spiro atoms. The van der Waals surface area contributed by atoms with Gasteiger partial charge in [0, 0.05) is 49.9 Å². The second kappa shape index (κ2) is 7.54. The van der Waals surface area contributed by atoms with E-state index in [1.165, 1.54) is 37.9 Å². The Morgan fingerprint density at radius 2 is 1.91 bits per heavy atom. The van der Waals surface area contributed by atoms with Crippen LogP contribution in [0.4, 0.5) is 0 Å². The molecule has 126 valence electrons. The number of piperazine rings is 1. The van der Waals surface area contributed by atoms with E-state index in [1.807, 2.05) is 11.8 Å². The van der Waals surface area contributed by atoms with Crippen LogP contribution in [0.5, 0.6) is 0 Å². The lowest BCUT2D eigenvalue weighted by Gasteiger charge is -2.50. The van der Waals surface area contributed by atoms with Crippen molar-refractivity contribution in [1.82, 2.24) is 15.1 Å². The zero-order valence-corrected chi connectivity index (χ0v) is 14.8. The van der Waals surface area contributed by atoms with Gasteiger partial charge in [-0.15, -0.1) is 0 Å². The minimum atomic E-state index is 0.303. The Balaban J connectivity index is 1.56. The van der Waals surface area contributed by atoms with Crippen LogP contribution in [-0.4, -0.2) is 72.5 Å². The van der Waals surface area contributed by atoms with Gasteiger partial charge in [-0.25, -0.2) is 0 Å². The molecule has 1 aliphatic carbocycles.